The number of aromatic nitrogens is 1. The van der Waals surface area contributed by atoms with E-state index in [1.165, 1.54) is 6.26 Å². The second kappa shape index (κ2) is 11.3. The lowest BCUT2D eigenvalue weighted by atomic mass is 10.1. The monoisotopic (exact) mass is 437 g/mol. The molecular weight excluding hydrogens is 406 g/mol. The molecule has 3 rings (SSSR count). The first-order valence-corrected chi connectivity index (χ1v) is 10.8. The van der Waals surface area contributed by atoms with Gasteiger partial charge in [-0.15, -0.1) is 0 Å². The molecule has 7 heteroatoms. The van der Waals surface area contributed by atoms with Crippen LogP contribution in [0.5, 0.6) is 11.5 Å². The zero-order chi connectivity index (χ0) is 22.9. The van der Waals surface area contributed by atoms with E-state index in [0.29, 0.717) is 42.7 Å². The van der Waals surface area contributed by atoms with Crippen molar-refractivity contribution in [1.29, 1.82) is 0 Å². The van der Waals surface area contributed by atoms with Gasteiger partial charge in [-0.1, -0.05) is 49.4 Å². The van der Waals surface area contributed by atoms with Crippen LogP contribution in [0.15, 0.2) is 59.2 Å². The summed E-state index contributed by atoms with van der Waals surface area (Å²) in [6.45, 7) is 5.69. The molecule has 1 aromatic heterocycles. The number of nitrogens with one attached hydrogen (secondary N) is 1. The molecule has 0 fully saturated rings. The second-order valence-electron chi connectivity index (χ2n) is 7.69. The zero-order valence-electron chi connectivity index (χ0n) is 19.1. The Hall–Kier alpha value is -3.32. The fourth-order valence-electron chi connectivity index (χ4n) is 3.41. The molecule has 1 N–H and O–H groups in total. The molecule has 1 atom stereocenters. The van der Waals surface area contributed by atoms with Gasteiger partial charge in [0.1, 0.15) is 6.26 Å². The van der Waals surface area contributed by atoms with E-state index in [-0.39, 0.29) is 11.9 Å². The molecule has 0 saturated carbocycles. The average molecular weight is 438 g/mol. The number of carbonyl (C=O) groups is 1. The van der Waals surface area contributed by atoms with Crippen LogP contribution in [0.25, 0.3) is 0 Å². The number of para-hydroxylation sites is 1. The molecule has 1 unspecified atom stereocenters. The summed E-state index contributed by atoms with van der Waals surface area (Å²) >= 11 is 0. The summed E-state index contributed by atoms with van der Waals surface area (Å²) in [5.74, 6) is 1.65. The van der Waals surface area contributed by atoms with Crippen molar-refractivity contribution in [3.8, 4) is 11.5 Å². The molecule has 0 aliphatic heterocycles. The van der Waals surface area contributed by atoms with Gasteiger partial charge < -0.3 is 19.2 Å². The molecule has 32 heavy (non-hydrogen) atoms. The minimum Gasteiger partial charge on any atom is -0.493 e. The van der Waals surface area contributed by atoms with E-state index in [4.69, 9.17) is 13.9 Å². The predicted molar refractivity (Wildman–Crippen MR) is 123 cm³/mol. The van der Waals surface area contributed by atoms with Gasteiger partial charge in [-0.3, -0.25) is 9.69 Å². The van der Waals surface area contributed by atoms with Crippen molar-refractivity contribution in [1.82, 2.24) is 15.2 Å². The summed E-state index contributed by atoms with van der Waals surface area (Å²) in [4.78, 5) is 19.0. The molecule has 2 aromatic carbocycles. The molecule has 0 spiro atoms. The van der Waals surface area contributed by atoms with Crippen LogP contribution >= 0.6 is 0 Å². The Morgan fingerprint density at radius 1 is 1.06 bits per heavy atom. The standard InChI is InChI=1S/C25H31N3O4/c1-5-18(2)26-25(29)21-17-32-23(27-21)16-28(14-19-10-7-6-8-11-19)15-20-12-9-13-22(30-3)24(20)31-4/h6-13,17-18H,5,14-16H2,1-4H3,(H,26,29). The van der Waals surface area contributed by atoms with E-state index < -0.39 is 0 Å². The number of nitrogens with zero attached hydrogens (tertiary/aromatic N) is 2. The minimum absolute atomic E-state index is 0.0813. The number of oxazole rings is 1. The molecule has 3 aromatic rings. The first-order chi connectivity index (χ1) is 15.5. The van der Waals surface area contributed by atoms with Crippen molar-refractivity contribution in [2.45, 2.75) is 45.9 Å². The molecule has 0 bridgehead atoms. The Morgan fingerprint density at radius 3 is 2.53 bits per heavy atom. The molecule has 170 valence electrons. The number of benzene rings is 2. The SMILES string of the molecule is CCC(C)NC(=O)c1coc(CN(Cc2ccccc2)Cc2cccc(OC)c2OC)n1. The van der Waals surface area contributed by atoms with Crippen molar-refractivity contribution >= 4 is 5.91 Å². The Morgan fingerprint density at radius 2 is 1.84 bits per heavy atom. The third-order valence-electron chi connectivity index (χ3n) is 5.26. The van der Waals surface area contributed by atoms with E-state index in [9.17, 15) is 4.79 Å². The maximum Gasteiger partial charge on any atom is 0.273 e. The van der Waals surface area contributed by atoms with Crippen molar-refractivity contribution in [3.63, 3.8) is 0 Å². The summed E-state index contributed by atoms with van der Waals surface area (Å²) in [5.41, 5.74) is 2.44. The van der Waals surface area contributed by atoms with Crippen LogP contribution < -0.4 is 14.8 Å². The lowest BCUT2D eigenvalue weighted by molar-refractivity contribution is 0.0934. The molecule has 0 aliphatic carbocycles. The summed E-state index contributed by atoms with van der Waals surface area (Å²) in [6, 6.07) is 16.1. The first kappa shape index (κ1) is 23.3. The van der Waals surface area contributed by atoms with Crippen molar-refractivity contribution in [2.75, 3.05) is 14.2 Å². The number of hydrogen-bond donors (Lipinski definition) is 1. The fourth-order valence-corrected chi connectivity index (χ4v) is 3.41. The highest BCUT2D eigenvalue weighted by atomic mass is 16.5. The quantitative estimate of drug-likeness (QED) is 0.478. The van der Waals surface area contributed by atoms with Crippen LogP contribution in [-0.4, -0.2) is 36.1 Å². The fraction of sp³-hybridized carbons (Fsp3) is 0.360. The highest BCUT2D eigenvalue weighted by Crippen LogP contribution is 2.32. The highest BCUT2D eigenvalue weighted by molar-refractivity contribution is 5.92. The highest BCUT2D eigenvalue weighted by Gasteiger charge is 2.19. The third kappa shape index (κ3) is 6.11. The van der Waals surface area contributed by atoms with Gasteiger partial charge in [0.2, 0.25) is 5.89 Å². The molecule has 1 heterocycles. The van der Waals surface area contributed by atoms with Crippen molar-refractivity contribution < 1.29 is 18.7 Å². The van der Waals surface area contributed by atoms with E-state index in [1.54, 1.807) is 14.2 Å². The number of ether oxygens (including phenoxy) is 2. The van der Waals surface area contributed by atoms with Crippen molar-refractivity contribution in [2.24, 2.45) is 0 Å². The number of amides is 1. The molecule has 0 saturated heterocycles. The normalized spacial score (nSPS) is 11.9. The Bertz CT molecular complexity index is 1000. The molecule has 7 nitrogen and oxygen atoms in total. The van der Waals surface area contributed by atoms with E-state index >= 15 is 0 Å². The number of methoxy groups -OCH3 is 2. The van der Waals surface area contributed by atoms with Gasteiger partial charge in [0.25, 0.3) is 5.91 Å². The van der Waals surface area contributed by atoms with Gasteiger partial charge in [-0.05, 0) is 25.0 Å². The summed E-state index contributed by atoms with van der Waals surface area (Å²) < 4.78 is 16.7. The molecule has 0 aliphatic rings. The van der Waals surface area contributed by atoms with Crippen LogP contribution in [0, 0.1) is 0 Å². The molecular formula is C25H31N3O4. The van der Waals surface area contributed by atoms with Crippen LogP contribution in [0.2, 0.25) is 0 Å². The van der Waals surface area contributed by atoms with Gasteiger partial charge in [0.15, 0.2) is 17.2 Å². The number of rotatable bonds is 11. The predicted octanol–water partition coefficient (Wildman–Crippen LogP) is 4.42. The molecule has 1 amide bonds. The van der Waals surface area contributed by atoms with Gasteiger partial charge in [-0.2, -0.15) is 0 Å². The van der Waals surface area contributed by atoms with Crippen LogP contribution in [0.4, 0.5) is 0 Å². The van der Waals surface area contributed by atoms with E-state index in [2.05, 4.69) is 27.3 Å². The minimum atomic E-state index is -0.224. The largest absolute Gasteiger partial charge is 0.493 e. The maximum atomic E-state index is 12.4. The Labute approximate surface area is 189 Å². The lowest BCUT2D eigenvalue weighted by Gasteiger charge is -2.23. The van der Waals surface area contributed by atoms with Crippen LogP contribution in [0.1, 0.15) is 47.8 Å². The zero-order valence-corrected chi connectivity index (χ0v) is 19.1. The molecule has 0 radical (unpaired) electrons. The number of carbonyl (C=O) groups excluding carboxylic acids is 1. The van der Waals surface area contributed by atoms with Crippen molar-refractivity contribution in [3.05, 3.63) is 77.5 Å². The van der Waals surface area contributed by atoms with Gasteiger partial charge in [0, 0.05) is 24.7 Å². The summed E-state index contributed by atoms with van der Waals surface area (Å²) in [6.07, 6.45) is 2.27. The summed E-state index contributed by atoms with van der Waals surface area (Å²) in [7, 11) is 3.27. The Balaban J connectivity index is 1.81. The third-order valence-corrected chi connectivity index (χ3v) is 5.26. The number of hydrogen-bond acceptors (Lipinski definition) is 6. The summed E-state index contributed by atoms with van der Waals surface area (Å²) in [5, 5.41) is 2.91. The van der Waals surface area contributed by atoms with Crippen LogP contribution in [-0.2, 0) is 19.6 Å². The van der Waals surface area contributed by atoms with Gasteiger partial charge >= 0.3 is 0 Å². The Kier molecular flexibility index (Phi) is 8.27. The van der Waals surface area contributed by atoms with Crippen LogP contribution in [0.3, 0.4) is 0 Å². The smallest absolute Gasteiger partial charge is 0.273 e. The maximum absolute atomic E-state index is 12.4. The average Bonchev–Trinajstić information content (AvgIpc) is 3.28. The van der Waals surface area contributed by atoms with Gasteiger partial charge in [0.05, 0.1) is 20.8 Å². The lowest BCUT2D eigenvalue weighted by Crippen LogP contribution is -2.32. The van der Waals surface area contributed by atoms with E-state index in [1.807, 2.05) is 50.2 Å². The second-order valence-corrected chi connectivity index (χ2v) is 7.69. The van der Waals surface area contributed by atoms with Gasteiger partial charge in [-0.25, -0.2) is 4.98 Å². The first-order valence-electron chi connectivity index (χ1n) is 10.8. The topological polar surface area (TPSA) is 76.8 Å². The van der Waals surface area contributed by atoms with E-state index in [0.717, 1.165) is 17.5 Å².